The summed E-state index contributed by atoms with van der Waals surface area (Å²) in [4.78, 5) is 2.33. The number of nitrogens with zero attached hydrogens (tertiary/aromatic N) is 1. The zero-order valence-electron chi connectivity index (χ0n) is 18.7. The maximum absolute atomic E-state index is 13.4. The Morgan fingerprint density at radius 2 is 1.72 bits per heavy atom. The fourth-order valence-electron chi connectivity index (χ4n) is 4.33. The van der Waals surface area contributed by atoms with Crippen molar-refractivity contribution in [1.82, 2.24) is 4.90 Å². The van der Waals surface area contributed by atoms with Crippen LogP contribution >= 0.6 is 0 Å². The van der Waals surface area contributed by atoms with Gasteiger partial charge in [0.2, 0.25) is 0 Å². The van der Waals surface area contributed by atoms with E-state index in [1.807, 2.05) is 60.7 Å². The Bertz CT molecular complexity index is 994. The molecule has 2 atom stereocenters. The molecule has 1 aliphatic heterocycles. The molecule has 1 fully saturated rings. The second-order valence-electron chi connectivity index (χ2n) is 8.37. The zero-order valence-corrected chi connectivity index (χ0v) is 18.7. The van der Waals surface area contributed by atoms with Crippen molar-refractivity contribution in [3.05, 3.63) is 89.7 Å². The molecule has 0 N–H and O–H groups in total. The van der Waals surface area contributed by atoms with E-state index in [0.717, 1.165) is 30.8 Å². The van der Waals surface area contributed by atoms with Crippen LogP contribution in [-0.4, -0.2) is 38.8 Å². The van der Waals surface area contributed by atoms with E-state index >= 15 is 0 Å². The molecule has 0 unspecified atom stereocenters. The molecule has 0 bridgehead atoms. The summed E-state index contributed by atoms with van der Waals surface area (Å²) >= 11 is 0. The Hall–Kier alpha value is -3.05. The summed E-state index contributed by atoms with van der Waals surface area (Å²) in [6, 6.07) is 22.6. The SMILES string of the molecule is COc1cc(OC[C@@H]2CN(C)CC[C@H]2c2ccc(F)cc2)ccc1OCc1ccccc1. The average Bonchev–Trinajstić information content (AvgIpc) is 2.83. The molecule has 32 heavy (non-hydrogen) atoms. The molecule has 1 aliphatic rings. The molecule has 3 aromatic rings. The Morgan fingerprint density at radius 3 is 2.47 bits per heavy atom. The van der Waals surface area contributed by atoms with Crippen molar-refractivity contribution >= 4 is 0 Å². The van der Waals surface area contributed by atoms with Gasteiger partial charge in [-0.15, -0.1) is 0 Å². The first-order chi connectivity index (χ1) is 15.6. The third-order valence-electron chi connectivity index (χ3n) is 6.07. The number of rotatable bonds is 8. The molecule has 4 nitrogen and oxygen atoms in total. The van der Waals surface area contributed by atoms with E-state index in [0.29, 0.717) is 36.5 Å². The number of methoxy groups -OCH3 is 1. The van der Waals surface area contributed by atoms with E-state index in [9.17, 15) is 4.39 Å². The van der Waals surface area contributed by atoms with Gasteiger partial charge in [-0.05, 0) is 61.3 Å². The van der Waals surface area contributed by atoms with E-state index in [1.165, 1.54) is 5.56 Å². The molecular formula is C27H30FNO3. The van der Waals surface area contributed by atoms with Gasteiger partial charge in [0.25, 0.3) is 0 Å². The minimum atomic E-state index is -0.198. The highest BCUT2D eigenvalue weighted by Gasteiger charge is 2.29. The first-order valence-corrected chi connectivity index (χ1v) is 11.0. The minimum absolute atomic E-state index is 0.198. The monoisotopic (exact) mass is 435 g/mol. The Kier molecular flexibility index (Phi) is 7.28. The first kappa shape index (κ1) is 22.2. The summed E-state index contributed by atoms with van der Waals surface area (Å²) in [5.74, 6) is 2.55. The first-order valence-electron chi connectivity index (χ1n) is 11.0. The van der Waals surface area contributed by atoms with Gasteiger partial charge in [-0.25, -0.2) is 4.39 Å². The summed E-state index contributed by atoms with van der Waals surface area (Å²) in [6.45, 7) is 3.03. The minimum Gasteiger partial charge on any atom is -0.493 e. The second kappa shape index (κ2) is 10.5. The van der Waals surface area contributed by atoms with Crippen molar-refractivity contribution in [2.75, 3.05) is 33.9 Å². The van der Waals surface area contributed by atoms with Gasteiger partial charge >= 0.3 is 0 Å². The third-order valence-corrected chi connectivity index (χ3v) is 6.07. The lowest BCUT2D eigenvalue weighted by molar-refractivity contribution is 0.129. The summed E-state index contributed by atoms with van der Waals surface area (Å²) in [5, 5.41) is 0. The molecule has 168 valence electrons. The Balaban J connectivity index is 1.41. The van der Waals surface area contributed by atoms with Gasteiger partial charge in [-0.2, -0.15) is 0 Å². The van der Waals surface area contributed by atoms with E-state index in [4.69, 9.17) is 14.2 Å². The van der Waals surface area contributed by atoms with Crippen molar-refractivity contribution in [3.8, 4) is 17.2 Å². The van der Waals surface area contributed by atoms with Gasteiger partial charge in [0, 0.05) is 18.5 Å². The Morgan fingerprint density at radius 1 is 0.938 bits per heavy atom. The van der Waals surface area contributed by atoms with Crippen LogP contribution in [0.4, 0.5) is 4.39 Å². The summed E-state index contributed by atoms with van der Waals surface area (Å²) in [6.07, 6.45) is 1.03. The molecule has 3 aromatic carbocycles. The standard InChI is InChI=1S/C27H30FNO3/c1-29-15-14-25(21-8-10-23(28)11-9-21)22(17-29)19-31-24-12-13-26(27(16-24)30-2)32-18-20-6-4-3-5-7-20/h3-13,16,22,25H,14-15,17-19H2,1-2H3/t22-,25-/m0/s1. The van der Waals surface area contributed by atoms with Gasteiger partial charge in [0.15, 0.2) is 11.5 Å². The maximum Gasteiger partial charge on any atom is 0.164 e. The van der Waals surface area contributed by atoms with Crippen molar-refractivity contribution in [2.24, 2.45) is 5.92 Å². The summed E-state index contributed by atoms with van der Waals surface area (Å²) in [5.41, 5.74) is 2.28. The van der Waals surface area contributed by atoms with E-state index in [2.05, 4.69) is 11.9 Å². The molecule has 1 heterocycles. The van der Waals surface area contributed by atoms with Crippen LogP contribution < -0.4 is 14.2 Å². The van der Waals surface area contributed by atoms with E-state index in [1.54, 1.807) is 19.2 Å². The van der Waals surface area contributed by atoms with Gasteiger partial charge < -0.3 is 19.1 Å². The van der Waals surface area contributed by atoms with E-state index < -0.39 is 0 Å². The number of piperidine rings is 1. The fraction of sp³-hybridized carbons (Fsp3) is 0.333. The van der Waals surface area contributed by atoms with Crippen LogP contribution in [-0.2, 0) is 6.61 Å². The van der Waals surface area contributed by atoms with Crippen LogP contribution in [0.15, 0.2) is 72.8 Å². The number of hydrogen-bond acceptors (Lipinski definition) is 4. The number of ether oxygens (including phenoxy) is 3. The third kappa shape index (κ3) is 5.60. The molecular weight excluding hydrogens is 405 g/mol. The van der Waals surface area contributed by atoms with Gasteiger partial charge in [-0.1, -0.05) is 42.5 Å². The van der Waals surface area contributed by atoms with Crippen LogP contribution in [0.3, 0.4) is 0 Å². The van der Waals surface area contributed by atoms with E-state index in [-0.39, 0.29) is 5.82 Å². The normalized spacial score (nSPS) is 18.8. The number of hydrogen-bond donors (Lipinski definition) is 0. The topological polar surface area (TPSA) is 30.9 Å². The fourth-order valence-corrected chi connectivity index (χ4v) is 4.33. The molecule has 5 heteroatoms. The van der Waals surface area contributed by atoms with Gasteiger partial charge in [-0.3, -0.25) is 0 Å². The number of likely N-dealkylation sites (tertiary alicyclic amines) is 1. The lowest BCUT2D eigenvalue weighted by Gasteiger charge is -2.37. The van der Waals surface area contributed by atoms with Crippen LogP contribution in [0.2, 0.25) is 0 Å². The molecule has 0 radical (unpaired) electrons. The molecule has 0 spiro atoms. The summed E-state index contributed by atoms with van der Waals surface area (Å²) in [7, 11) is 3.77. The molecule has 0 aliphatic carbocycles. The van der Waals surface area contributed by atoms with Crippen molar-refractivity contribution in [2.45, 2.75) is 18.9 Å². The van der Waals surface area contributed by atoms with Crippen LogP contribution in [0, 0.1) is 11.7 Å². The molecule has 0 aromatic heterocycles. The van der Waals surface area contributed by atoms with Crippen LogP contribution in [0.25, 0.3) is 0 Å². The highest BCUT2D eigenvalue weighted by atomic mass is 19.1. The number of benzene rings is 3. The van der Waals surface area contributed by atoms with Crippen LogP contribution in [0.5, 0.6) is 17.2 Å². The van der Waals surface area contributed by atoms with Gasteiger partial charge in [0.1, 0.15) is 18.2 Å². The largest absolute Gasteiger partial charge is 0.493 e. The molecule has 0 amide bonds. The average molecular weight is 436 g/mol. The predicted molar refractivity (Wildman–Crippen MR) is 124 cm³/mol. The highest BCUT2D eigenvalue weighted by molar-refractivity contribution is 5.45. The molecule has 0 saturated carbocycles. The van der Waals surface area contributed by atoms with Crippen molar-refractivity contribution in [3.63, 3.8) is 0 Å². The number of halogens is 1. The summed E-state index contributed by atoms with van der Waals surface area (Å²) < 4.78 is 31.1. The second-order valence-corrected chi connectivity index (χ2v) is 8.37. The Labute approximate surface area is 189 Å². The van der Waals surface area contributed by atoms with Crippen LogP contribution in [0.1, 0.15) is 23.5 Å². The van der Waals surface area contributed by atoms with Crippen molar-refractivity contribution in [1.29, 1.82) is 0 Å². The zero-order chi connectivity index (χ0) is 22.3. The lowest BCUT2D eigenvalue weighted by atomic mass is 9.81. The molecule has 1 saturated heterocycles. The predicted octanol–water partition coefficient (Wildman–Crippen LogP) is 5.53. The lowest BCUT2D eigenvalue weighted by Crippen LogP contribution is -2.39. The maximum atomic E-state index is 13.4. The highest BCUT2D eigenvalue weighted by Crippen LogP contribution is 2.35. The quantitative estimate of drug-likeness (QED) is 0.466. The molecule has 4 rings (SSSR count). The van der Waals surface area contributed by atoms with Crippen molar-refractivity contribution < 1.29 is 18.6 Å². The van der Waals surface area contributed by atoms with Gasteiger partial charge in [0.05, 0.1) is 13.7 Å². The smallest absolute Gasteiger partial charge is 0.164 e.